The Balaban J connectivity index is 2.04. The number of rotatable bonds is 4. The van der Waals surface area contributed by atoms with Crippen LogP contribution in [0.5, 0.6) is 0 Å². The molecule has 1 unspecified atom stereocenters. The predicted octanol–water partition coefficient (Wildman–Crippen LogP) is 3.71. The average Bonchev–Trinajstić information content (AvgIpc) is 2.92. The van der Waals surface area contributed by atoms with Crippen LogP contribution in [0, 0.1) is 0 Å². The van der Waals surface area contributed by atoms with Crippen LogP contribution in [-0.4, -0.2) is 13.1 Å². The lowest BCUT2D eigenvalue weighted by molar-refractivity contribution is 0.0601. The van der Waals surface area contributed by atoms with Gasteiger partial charge in [0.05, 0.1) is 12.7 Å². The van der Waals surface area contributed by atoms with E-state index in [0.717, 1.165) is 5.69 Å². The van der Waals surface area contributed by atoms with E-state index in [4.69, 9.17) is 0 Å². The van der Waals surface area contributed by atoms with E-state index in [1.54, 1.807) is 23.5 Å². The standard InChI is InChI=1S/C14H15NO2S/c1-10(12-7-8-18-9-12)15-13-5-3-11(4-6-13)14(16)17-2/h3-10,15H,1-2H3. The summed E-state index contributed by atoms with van der Waals surface area (Å²) in [5.41, 5.74) is 2.81. The second kappa shape index (κ2) is 5.69. The number of anilines is 1. The fourth-order valence-electron chi connectivity index (χ4n) is 1.68. The summed E-state index contributed by atoms with van der Waals surface area (Å²) in [6.07, 6.45) is 0. The van der Waals surface area contributed by atoms with Crippen molar-refractivity contribution >= 4 is 23.0 Å². The van der Waals surface area contributed by atoms with Gasteiger partial charge in [-0.15, -0.1) is 0 Å². The van der Waals surface area contributed by atoms with E-state index < -0.39 is 0 Å². The van der Waals surface area contributed by atoms with E-state index in [2.05, 4.69) is 33.8 Å². The molecule has 0 spiro atoms. The normalized spacial score (nSPS) is 11.9. The lowest BCUT2D eigenvalue weighted by Crippen LogP contribution is -2.06. The van der Waals surface area contributed by atoms with Crippen LogP contribution in [-0.2, 0) is 4.74 Å². The molecule has 0 fully saturated rings. The topological polar surface area (TPSA) is 38.3 Å². The van der Waals surface area contributed by atoms with Gasteiger partial charge in [-0.2, -0.15) is 11.3 Å². The van der Waals surface area contributed by atoms with E-state index in [1.807, 2.05) is 12.1 Å². The van der Waals surface area contributed by atoms with Crippen LogP contribution in [0.3, 0.4) is 0 Å². The quantitative estimate of drug-likeness (QED) is 0.853. The maximum absolute atomic E-state index is 11.3. The Kier molecular flexibility index (Phi) is 3.99. The SMILES string of the molecule is COC(=O)c1ccc(NC(C)c2ccsc2)cc1. The fraction of sp³-hybridized carbons (Fsp3) is 0.214. The van der Waals surface area contributed by atoms with Crippen molar-refractivity contribution in [2.45, 2.75) is 13.0 Å². The highest BCUT2D eigenvalue weighted by molar-refractivity contribution is 7.07. The Morgan fingerprint density at radius 1 is 1.28 bits per heavy atom. The van der Waals surface area contributed by atoms with E-state index in [1.165, 1.54) is 12.7 Å². The van der Waals surface area contributed by atoms with E-state index >= 15 is 0 Å². The summed E-state index contributed by atoms with van der Waals surface area (Å²) in [6.45, 7) is 2.11. The van der Waals surface area contributed by atoms with Crippen LogP contribution in [0.15, 0.2) is 41.1 Å². The number of methoxy groups -OCH3 is 1. The van der Waals surface area contributed by atoms with Crippen molar-refractivity contribution in [1.29, 1.82) is 0 Å². The Bertz CT molecular complexity index is 505. The van der Waals surface area contributed by atoms with Crippen LogP contribution in [0.2, 0.25) is 0 Å². The first-order valence-corrected chi connectivity index (χ1v) is 6.62. The third-order valence-electron chi connectivity index (χ3n) is 2.73. The molecule has 0 aliphatic carbocycles. The number of hydrogen-bond donors (Lipinski definition) is 1. The molecule has 1 aromatic heterocycles. The van der Waals surface area contributed by atoms with Crippen LogP contribution >= 0.6 is 11.3 Å². The number of nitrogens with one attached hydrogen (secondary N) is 1. The first kappa shape index (κ1) is 12.6. The van der Waals surface area contributed by atoms with Gasteiger partial charge in [-0.1, -0.05) is 0 Å². The lowest BCUT2D eigenvalue weighted by Gasteiger charge is -2.14. The number of thiophene rings is 1. The smallest absolute Gasteiger partial charge is 0.337 e. The first-order valence-electron chi connectivity index (χ1n) is 5.67. The minimum atomic E-state index is -0.313. The van der Waals surface area contributed by atoms with Crippen LogP contribution in [0.1, 0.15) is 28.9 Å². The highest BCUT2D eigenvalue weighted by atomic mass is 32.1. The lowest BCUT2D eigenvalue weighted by atomic mass is 10.1. The molecule has 1 atom stereocenters. The summed E-state index contributed by atoms with van der Waals surface area (Å²) < 4.78 is 4.66. The highest BCUT2D eigenvalue weighted by Crippen LogP contribution is 2.21. The number of esters is 1. The molecule has 0 amide bonds. The molecule has 0 aliphatic rings. The van der Waals surface area contributed by atoms with Crippen molar-refractivity contribution < 1.29 is 9.53 Å². The monoisotopic (exact) mass is 261 g/mol. The van der Waals surface area contributed by atoms with Crippen molar-refractivity contribution in [3.63, 3.8) is 0 Å². The number of carbonyl (C=O) groups excluding carboxylic acids is 1. The van der Waals surface area contributed by atoms with Crippen molar-refractivity contribution in [2.75, 3.05) is 12.4 Å². The summed E-state index contributed by atoms with van der Waals surface area (Å²) >= 11 is 1.69. The molecular formula is C14H15NO2S. The molecule has 3 nitrogen and oxygen atoms in total. The Morgan fingerprint density at radius 2 is 2.00 bits per heavy atom. The van der Waals surface area contributed by atoms with Crippen LogP contribution in [0.4, 0.5) is 5.69 Å². The van der Waals surface area contributed by atoms with Gasteiger partial charge < -0.3 is 10.1 Å². The maximum Gasteiger partial charge on any atom is 0.337 e. The van der Waals surface area contributed by atoms with E-state index in [9.17, 15) is 4.79 Å². The van der Waals surface area contributed by atoms with Gasteiger partial charge in [0.25, 0.3) is 0 Å². The summed E-state index contributed by atoms with van der Waals surface area (Å²) in [6, 6.07) is 9.64. The second-order valence-corrected chi connectivity index (χ2v) is 4.77. The summed E-state index contributed by atoms with van der Waals surface area (Å²) in [5, 5.41) is 7.57. The van der Waals surface area contributed by atoms with Crippen molar-refractivity contribution in [1.82, 2.24) is 0 Å². The molecule has 0 aliphatic heterocycles. The largest absolute Gasteiger partial charge is 0.465 e. The van der Waals surface area contributed by atoms with Gasteiger partial charge in [-0.3, -0.25) is 0 Å². The molecule has 18 heavy (non-hydrogen) atoms. The predicted molar refractivity (Wildman–Crippen MR) is 74.1 cm³/mol. The van der Waals surface area contributed by atoms with Gasteiger partial charge in [-0.25, -0.2) is 4.79 Å². The molecule has 4 heteroatoms. The first-order chi connectivity index (χ1) is 8.70. The number of carbonyl (C=O) groups is 1. The molecule has 1 N–H and O–H groups in total. The summed E-state index contributed by atoms with van der Waals surface area (Å²) in [7, 11) is 1.38. The molecule has 0 saturated carbocycles. The van der Waals surface area contributed by atoms with Crippen molar-refractivity contribution in [3.05, 3.63) is 52.2 Å². The van der Waals surface area contributed by atoms with Gasteiger partial charge in [0.1, 0.15) is 0 Å². The molecule has 0 radical (unpaired) electrons. The molecule has 0 saturated heterocycles. The third-order valence-corrected chi connectivity index (χ3v) is 3.43. The third kappa shape index (κ3) is 2.90. The maximum atomic E-state index is 11.3. The van der Waals surface area contributed by atoms with Crippen LogP contribution in [0.25, 0.3) is 0 Å². The molecular weight excluding hydrogens is 246 g/mol. The molecule has 1 heterocycles. The zero-order valence-corrected chi connectivity index (χ0v) is 11.2. The minimum Gasteiger partial charge on any atom is -0.465 e. The molecule has 2 aromatic rings. The Labute approximate surface area is 110 Å². The Hall–Kier alpha value is -1.81. The minimum absolute atomic E-state index is 0.250. The highest BCUT2D eigenvalue weighted by Gasteiger charge is 2.07. The average molecular weight is 261 g/mol. The molecule has 1 aromatic carbocycles. The van der Waals surface area contributed by atoms with Crippen molar-refractivity contribution in [2.24, 2.45) is 0 Å². The zero-order valence-electron chi connectivity index (χ0n) is 10.3. The summed E-state index contributed by atoms with van der Waals surface area (Å²) in [4.78, 5) is 11.3. The van der Waals surface area contributed by atoms with Gasteiger partial charge >= 0.3 is 5.97 Å². The molecule has 2 rings (SSSR count). The van der Waals surface area contributed by atoms with E-state index in [-0.39, 0.29) is 12.0 Å². The van der Waals surface area contributed by atoms with Crippen LogP contribution < -0.4 is 5.32 Å². The number of ether oxygens (including phenoxy) is 1. The molecule has 94 valence electrons. The van der Waals surface area contributed by atoms with Gasteiger partial charge in [-0.05, 0) is 53.6 Å². The van der Waals surface area contributed by atoms with Gasteiger partial charge in [0, 0.05) is 11.7 Å². The summed E-state index contributed by atoms with van der Waals surface area (Å²) in [5.74, 6) is -0.313. The fourth-order valence-corrected chi connectivity index (χ4v) is 2.43. The number of hydrogen-bond acceptors (Lipinski definition) is 4. The van der Waals surface area contributed by atoms with E-state index in [0.29, 0.717) is 5.56 Å². The zero-order chi connectivity index (χ0) is 13.0. The molecule has 0 bridgehead atoms. The van der Waals surface area contributed by atoms with Gasteiger partial charge in [0.15, 0.2) is 0 Å². The number of benzene rings is 1. The van der Waals surface area contributed by atoms with Gasteiger partial charge in [0.2, 0.25) is 0 Å². The Morgan fingerprint density at radius 3 is 2.56 bits per heavy atom. The second-order valence-electron chi connectivity index (χ2n) is 3.99. The van der Waals surface area contributed by atoms with Crippen molar-refractivity contribution in [3.8, 4) is 0 Å².